The summed E-state index contributed by atoms with van der Waals surface area (Å²) in [5.74, 6) is -0.977. The van der Waals surface area contributed by atoms with Crippen molar-refractivity contribution in [2.24, 2.45) is 0 Å². The SMILES string of the molecule is COC1CC(C(=O)O)N(C(=O)N(C)CCc2cccs2)C1. The van der Waals surface area contributed by atoms with Gasteiger partial charge in [0.25, 0.3) is 0 Å². The summed E-state index contributed by atoms with van der Waals surface area (Å²) < 4.78 is 5.20. The summed E-state index contributed by atoms with van der Waals surface area (Å²) >= 11 is 1.65. The first-order valence-electron chi connectivity index (χ1n) is 6.82. The second-order valence-corrected chi connectivity index (χ2v) is 6.17. The van der Waals surface area contributed by atoms with E-state index in [9.17, 15) is 14.7 Å². The van der Waals surface area contributed by atoms with Gasteiger partial charge < -0.3 is 19.6 Å². The lowest BCUT2D eigenvalue weighted by atomic mass is 10.2. The molecule has 1 aromatic heterocycles. The van der Waals surface area contributed by atoms with Gasteiger partial charge in [-0.05, 0) is 17.9 Å². The predicted octanol–water partition coefficient (Wildman–Crippen LogP) is 1.52. The van der Waals surface area contributed by atoms with E-state index in [1.165, 1.54) is 16.9 Å². The van der Waals surface area contributed by atoms with Crippen molar-refractivity contribution in [1.82, 2.24) is 9.80 Å². The molecule has 0 aromatic carbocycles. The smallest absolute Gasteiger partial charge is 0.326 e. The number of likely N-dealkylation sites (tertiary alicyclic amines) is 1. The minimum Gasteiger partial charge on any atom is -0.480 e. The number of rotatable bonds is 5. The van der Waals surface area contributed by atoms with Crippen LogP contribution in [0.4, 0.5) is 4.79 Å². The highest BCUT2D eigenvalue weighted by Crippen LogP contribution is 2.22. The highest BCUT2D eigenvalue weighted by molar-refractivity contribution is 7.09. The summed E-state index contributed by atoms with van der Waals surface area (Å²) in [5.41, 5.74) is 0. The molecule has 116 valence electrons. The fraction of sp³-hybridized carbons (Fsp3) is 0.571. The molecule has 2 heterocycles. The molecule has 2 unspecified atom stereocenters. The Bertz CT molecular complexity index is 491. The van der Waals surface area contributed by atoms with Gasteiger partial charge in [-0.15, -0.1) is 11.3 Å². The van der Waals surface area contributed by atoms with Crippen LogP contribution in [-0.2, 0) is 16.0 Å². The third kappa shape index (κ3) is 3.74. The van der Waals surface area contributed by atoms with Crippen molar-refractivity contribution in [1.29, 1.82) is 0 Å². The number of urea groups is 1. The Morgan fingerprint density at radius 3 is 2.90 bits per heavy atom. The van der Waals surface area contributed by atoms with Crippen molar-refractivity contribution < 1.29 is 19.4 Å². The van der Waals surface area contributed by atoms with Crippen LogP contribution in [0.1, 0.15) is 11.3 Å². The Kier molecular flexibility index (Phi) is 5.19. The summed E-state index contributed by atoms with van der Waals surface area (Å²) in [6, 6.07) is 2.95. The topological polar surface area (TPSA) is 70.1 Å². The number of thiophene rings is 1. The van der Waals surface area contributed by atoms with Gasteiger partial charge in [-0.25, -0.2) is 9.59 Å². The molecule has 2 amide bonds. The Morgan fingerprint density at radius 1 is 1.57 bits per heavy atom. The van der Waals surface area contributed by atoms with Gasteiger partial charge >= 0.3 is 12.0 Å². The number of carbonyl (C=O) groups is 2. The van der Waals surface area contributed by atoms with E-state index in [4.69, 9.17) is 4.74 Å². The first-order chi connectivity index (χ1) is 10.0. The van der Waals surface area contributed by atoms with Gasteiger partial charge in [-0.2, -0.15) is 0 Å². The van der Waals surface area contributed by atoms with Gasteiger partial charge in [0.15, 0.2) is 0 Å². The van der Waals surface area contributed by atoms with Gasteiger partial charge in [-0.1, -0.05) is 6.07 Å². The number of aliphatic carboxylic acids is 1. The Balaban J connectivity index is 1.95. The zero-order valence-electron chi connectivity index (χ0n) is 12.2. The molecule has 0 radical (unpaired) electrons. The number of likely N-dealkylation sites (N-methyl/N-ethyl adjacent to an activating group) is 1. The summed E-state index contributed by atoms with van der Waals surface area (Å²) in [6.07, 6.45) is 0.913. The number of nitrogens with zero attached hydrogens (tertiary/aromatic N) is 2. The number of amides is 2. The first kappa shape index (κ1) is 15.8. The number of ether oxygens (including phenoxy) is 1. The zero-order valence-corrected chi connectivity index (χ0v) is 13.0. The molecule has 1 N–H and O–H groups in total. The van der Waals surface area contributed by atoms with Crippen LogP contribution in [0.15, 0.2) is 17.5 Å². The lowest BCUT2D eigenvalue weighted by Gasteiger charge is -2.27. The molecule has 0 saturated carbocycles. The van der Waals surface area contributed by atoms with Crippen molar-refractivity contribution >= 4 is 23.3 Å². The molecular formula is C14H20N2O4S. The first-order valence-corrected chi connectivity index (χ1v) is 7.70. The molecule has 6 nitrogen and oxygen atoms in total. The lowest BCUT2D eigenvalue weighted by Crippen LogP contribution is -2.47. The molecule has 2 atom stereocenters. The molecular weight excluding hydrogens is 292 g/mol. The quantitative estimate of drug-likeness (QED) is 0.895. The summed E-state index contributed by atoms with van der Waals surface area (Å²) in [6.45, 7) is 0.898. The highest BCUT2D eigenvalue weighted by Gasteiger charge is 2.40. The minimum absolute atomic E-state index is 0.208. The van der Waals surface area contributed by atoms with Crippen molar-refractivity contribution in [3.63, 3.8) is 0 Å². The van der Waals surface area contributed by atoms with Crippen molar-refractivity contribution in [2.45, 2.75) is 25.0 Å². The van der Waals surface area contributed by atoms with Crippen LogP contribution < -0.4 is 0 Å². The normalized spacial score (nSPS) is 21.5. The standard InChI is InChI=1S/C14H20N2O4S/c1-15(6-5-11-4-3-7-21-11)14(19)16-9-10(20-2)8-12(16)13(17)18/h3-4,7,10,12H,5-6,8-9H2,1-2H3,(H,17,18). The molecule has 1 saturated heterocycles. The van der Waals surface area contributed by atoms with Crippen molar-refractivity contribution in [2.75, 3.05) is 27.2 Å². The third-order valence-corrected chi connectivity index (χ3v) is 4.66. The van der Waals surface area contributed by atoms with Crippen LogP contribution >= 0.6 is 11.3 Å². The van der Waals surface area contributed by atoms with Crippen LogP contribution in [0.2, 0.25) is 0 Å². The maximum Gasteiger partial charge on any atom is 0.326 e. The number of hydrogen-bond acceptors (Lipinski definition) is 4. The van der Waals surface area contributed by atoms with E-state index >= 15 is 0 Å². The summed E-state index contributed by atoms with van der Waals surface area (Å²) in [7, 11) is 3.24. The summed E-state index contributed by atoms with van der Waals surface area (Å²) in [5, 5.41) is 11.2. The highest BCUT2D eigenvalue weighted by atomic mass is 32.1. The Hall–Kier alpha value is -1.60. The van der Waals surface area contributed by atoms with Gasteiger partial charge in [0, 0.05) is 38.5 Å². The molecule has 1 aliphatic heterocycles. The van der Waals surface area contributed by atoms with Crippen LogP contribution in [0.25, 0.3) is 0 Å². The van der Waals surface area contributed by atoms with E-state index in [2.05, 4.69) is 0 Å². The Labute approximate surface area is 127 Å². The number of carboxylic acids is 1. The third-order valence-electron chi connectivity index (χ3n) is 3.73. The average Bonchev–Trinajstić information content (AvgIpc) is 3.12. The van der Waals surface area contributed by atoms with E-state index < -0.39 is 12.0 Å². The van der Waals surface area contributed by atoms with E-state index in [-0.39, 0.29) is 12.1 Å². The van der Waals surface area contributed by atoms with Crippen LogP contribution in [0.5, 0.6) is 0 Å². The monoisotopic (exact) mass is 312 g/mol. The number of methoxy groups -OCH3 is 1. The summed E-state index contributed by atoms with van der Waals surface area (Å²) in [4.78, 5) is 27.9. The molecule has 1 aromatic rings. The fourth-order valence-corrected chi connectivity index (χ4v) is 3.16. The molecule has 1 fully saturated rings. The molecule has 7 heteroatoms. The van der Waals surface area contributed by atoms with Gasteiger partial charge in [0.1, 0.15) is 6.04 Å². The molecule has 0 spiro atoms. The number of hydrogen-bond donors (Lipinski definition) is 1. The van der Waals surface area contributed by atoms with E-state index in [1.807, 2.05) is 17.5 Å². The van der Waals surface area contributed by atoms with Gasteiger partial charge in [0.2, 0.25) is 0 Å². The zero-order chi connectivity index (χ0) is 15.4. The van der Waals surface area contributed by atoms with Crippen LogP contribution in [-0.4, -0.2) is 66.3 Å². The predicted molar refractivity (Wildman–Crippen MR) is 79.6 cm³/mol. The van der Waals surface area contributed by atoms with Gasteiger partial charge in [0.05, 0.1) is 6.10 Å². The molecule has 0 aliphatic carbocycles. The maximum absolute atomic E-state index is 12.4. The fourth-order valence-electron chi connectivity index (χ4n) is 2.46. The molecule has 21 heavy (non-hydrogen) atoms. The Morgan fingerprint density at radius 2 is 2.33 bits per heavy atom. The van der Waals surface area contributed by atoms with Crippen LogP contribution in [0, 0.1) is 0 Å². The lowest BCUT2D eigenvalue weighted by molar-refractivity contribution is -0.141. The van der Waals surface area contributed by atoms with Crippen LogP contribution in [0.3, 0.4) is 0 Å². The van der Waals surface area contributed by atoms with E-state index in [0.29, 0.717) is 19.5 Å². The van der Waals surface area contributed by atoms with E-state index in [0.717, 1.165) is 6.42 Å². The number of carboxylic acid groups (broad SMARTS) is 1. The van der Waals surface area contributed by atoms with E-state index in [1.54, 1.807) is 23.3 Å². The van der Waals surface area contributed by atoms with Crippen molar-refractivity contribution in [3.05, 3.63) is 22.4 Å². The second kappa shape index (κ2) is 6.91. The molecule has 1 aliphatic rings. The molecule has 2 rings (SSSR count). The van der Waals surface area contributed by atoms with Gasteiger partial charge in [-0.3, -0.25) is 0 Å². The number of carbonyl (C=O) groups excluding carboxylic acids is 1. The molecule has 0 bridgehead atoms. The maximum atomic E-state index is 12.4. The average molecular weight is 312 g/mol. The largest absolute Gasteiger partial charge is 0.480 e. The van der Waals surface area contributed by atoms with Crippen molar-refractivity contribution in [3.8, 4) is 0 Å². The second-order valence-electron chi connectivity index (χ2n) is 5.13. The minimum atomic E-state index is -0.977.